The van der Waals surface area contributed by atoms with Crippen LogP contribution in [0.1, 0.15) is 32.8 Å². The highest BCUT2D eigenvalue weighted by Crippen LogP contribution is 2.22. The Balaban J connectivity index is 2.82. The molecule has 3 heteroatoms. The summed E-state index contributed by atoms with van der Waals surface area (Å²) in [5, 5.41) is 0. The monoisotopic (exact) mass is 221 g/mol. The Hall–Kier alpha value is -1.09. The second-order valence-corrected chi connectivity index (χ2v) is 4.80. The van der Waals surface area contributed by atoms with Crippen LogP contribution in [0.5, 0.6) is 0 Å². The Morgan fingerprint density at radius 2 is 2.06 bits per heavy atom. The lowest BCUT2D eigenvalue weighted by Crippen LogP contribution is -2.31. The van der Waals surface area contributed by atoms with Crippen LogP contribution >= 0.6 is 0 Å². The average molecular weight is 221 g/mol. The first-order chi connectivity index (χ1) is 7.56. The number of aromatic nitrogens is 1. The molecule has 1 aromatic rings. The van der Waals surface area contributed by atoms with Crippen LogP contribution in [0, 0.1) is 5.92 Å². The Bertz CT molecular complexity index is 323. The van der Waals surface area contributed by atoms with Gasteiger partial charge in [-0.05, 0) is 25.3 Å². The molecule has 0 aliphatic rings. The zero-order valence-electron chi connectivity index (χ0n) is 10.8. The molecule has 0 amide bonds. The third kappa shape index (κ3) is 3.20. The van der Waals surface area contributed by atoms with Crippen molar-refractivity contribution in [3.8, 4) is 0 Å². The lowest BCUT2D eigenvalue weighted by molar-refractivity contribution is 0.503. The van der Waals surface area contributed by atoms with Gasteiger partial charge in [0.2, 0.25) is 0 Å². The zero-order chi connectivity index (χ0) is 12.1. The van der Waals surface area contributed by atoms with Crippen molar-refractivity contribution < 1.29 is 0 Å². The summed E-state index contributed by atoms with van der Waals surface area (Å²) in [6, 6.07) is 2.56. The summed E-state index contributed by atoms with van der Waals surface area (Å²) in [5.41, 5.74) is 8.03. The molecule has 0 radical (unpaired) electrons. The molecule has 0 aromatic carbocycles. The number of hydrogen-bond donors (Lipinski definition) is 1. The number of nitrogens with zero attached hydrogens (tertiary/aromatic N) is 2. The Morgan fingerprint density at radius 1 is 1.38 bits per heavy atom. The highest BCUT2D eigenvalue weighted by atomic mass is 15.1. The maximum Gasteiger partial charge on any atom is 0.0442 e. The van der Waals surface area contributed by atoms with Crippen LogP contribution in [-0.4, -0.2) is 18.1 Å². The molecule has 1 heterocycles. The summed E-state index contributed by atoms with van der Waals surface area (Å²) in [6.07, 6.45) is 4.86. The van der Waals surface area contributed by atoms with Gasteiger partial charge in [-0.15, -0.1) is 0 Å². The highest BCUT2D eigenvalue weighted by molar-refractivity contribution is 5.52. The van der Waals surface area contributed by atoms with Crippen molar-refractivity contribution in [2.45, 2.75) is 39.8 Å². The predicted molar refractivity (Wildman–Crippen MR) is 69.4 cm³/mol. The number of anilines is 1. The molecular formula is C13H23N3. The van der Waals surface area contributed by atoms with Gasteiger partial charge in [-0.1, -0.05) is 13.8 Å². The summed E-state index contributed by atoms with van der Waals surface area (Å²) in [4.78, 5) is 6.41. The number of nitrogens with two attached hydrogens (primary N) is 1. The first kappa shape index (κ1) is 13.0. The molecule has 2 N–H and O–H groups in total. The van der Waals surface area contributed by atoms with E-state index in [1.54, 1.807) is 0 Å². The van der Waals surface area contributed by atoms with Crippen LogP contribution in [0.4, 0.5) is 5.69 Å². The lowest BCUT2D eigenvalue weighted by atomic mass is 10.0. The van der Waals surface area contributed by atoms with Gasteiger partial charge in [0.15, 0.2) is 0 Å². The minimum Gasteiger partial charge on any atom is -0.372 e. The van der Waals surface area contributed by atoms with Gasteiger partial charge >= 0.3 is 0 Å². The minimum absolute atomic E-state index is 0.521. The number of pyridine rings is 1. The van der Waals surface area contributed by atoms with Crippen molar-refractivity contribution in [3.05, 3.63) is 24.0 Å². The maximum absolute atomic E-state index is 5.72. The summed E-state index contributed by atoms with van der Waals surface area (Å²) in [7, 11) is 2.13. The van der Waals surface area contributed by atoms with Crippen LogP contribution in [0.15, 0.2) is 18.5 Å². The van der Waals surface area contributed by atoms with E-state index in [9.17, 15) is 0 Å². The van der Waals surface area contributed by atoms with Crippen molar-refractivity contribution in [2.24, 2.45) is 11.7 Å². The molecule has 0 fully saturated rings. The normalized spacial score (nSPS) is 12.9. The van der Waals surface area contributed by atoms with Crippen molar-refractivity contribution in [2.75, 3.05) is 11.9 Å². The second kappa shape index (κ2) is 5.85. The molecule has 1 unspecified atom stereocenters. The van der Waals surface area contributed by atoms with E-state index in [1.807, 2.05) is 18.5 Å². The van der Waals surface area contributed by atoms with Gasteiger partial charge in [-0.2, -0.15) is 0 Å². The third-order valence-electron chi connectivity index (χ3n) is 2.95. The molecule has 0 bridgehead atoms. The first-order valence-corrected chi connectivity index (χ1v) is 5.92. The molecular weight excluding hydrogens is 198 g/mol. The summed E-state index contributed by atoms with van der Waals surface area (Å²) >= 11 is 0. The van der Waals surface area contributed by atoms with E-state index < -0.39 is 0 Å². The molecule has 90 valence electrons. The van der Waals surface area contributed by atoms with Crippen molar-refractivity contribution in [1.82, 2.24) is 4.98 Å². The average Bonchev–Trinajstić information content (AvgIpc) is 2.27. The molecule has 1 rings (SSSR count). The zero-order valence-corrected chi connectivity index (χ0v) is 10.8. The van der Waals surface area contributed by atoms with E-state index in [0.29, 0.717) is 18.5 Å². The molecule has 0 aliphatic carbocycles. The van der Waals surface area contributed by atoms with Crippen LogP contribution in [-0.2, 0) is 6.54 Å². The van der Waals surface area contributed by atoms with Crippen LogP contribution in [0.25, 0.3) is 0 Å². The van der Waals surface area contributed by atoms with Gasteiger partial charge in [-0.25, -0.2) is 0 Å². The van der Waals surface area contributed by atoms with E-state index in [0.717, 1.165) is 5.56 Å². The standard InChI is InChI=1S/C13H23N3/c1-10(2)7-11(3)16(4)13-5-6-15-9-12(13)8-14/h5-6,9-11H,7-8,14H2,1-4H3. The fourth-order valence-corrected chi connectivity index (χ4v) is 2.00. The maximum atomic E-state index is 5.72. The van der Waals surface area contributed by atoms with Gasteiger partial charge in [0.1, 0.15) is 0 Å². The van der Waals surface area contributed by atoms with E-state index >= 15 is 0 Å². The molecule has 0 aliphatic heterocycles. The largest absolute Gasteiger partial charge is 0.372 e. The highest BCUT2D eigenvalue weighted by Gasteiger charge is 2.14. The SMILES string of the molecule is CC(C)CC(C)N(C)c1ccncc1CN. The van der Waals surface area contributed by atoms with E-state index in [2.05, 4.69) is 37.7 Å². The van der Waals surface area contributed by atoms with Gasteiger partial charge in [0, 0.05) is 43.3 Å². The first-order valence-electron chi connectivity index (χ1n) is 5.92. The summed E-state index contributed by atoms with van der Waals surface area (Å²) < 4.78 is 0. The molecule has 0 spiro atoms. The molecule has 1 aromatic heterocycles. The van der Waals surface area contributed by atoms with Crippen molar-refractivity contribution >= 4 is 5.69 Å². The van der Waals surface area contributed by atoms with Crippen LogP contribution in [0.2, 0.25) is 0 Å². The molecule has 0 saturated heterocycles. The minimum atomic E-state index is 0.521. The Morgan fingerprint density at radius 3 is 2.62 bits per heavy atom. The quantitative estimate of drug-likeness (QED) is 0.830. The van der Waals surface area contributed by atoms with Crippen molar-refractivity contribution in [3.63, 3.8) is 0 Å². The van der Waals surface area contributed by atoms with Gasteiger partial charge in [-0.3, -0.25) is 4.98 Å². The smallest absolute Gasteiger partial charge is 0.0442 e. The van der Waals surface area contributed by atoms with Crippen LogP contribution in [0.3, 0.4) is 0 Å². The number of rotatable bonds is 5. The molecule has 3 nitrogen and oxygen atoms in total. The number of hydrogen-bond acceptors (Lipinski definition) is 3. The molecule has 16 heavy (non-hydrogen) atoms. The Labute approximate surface area is 98.7 Å². The predicted octanol–water partition coefficient (Wildman–Crippen LogP) is 2.41. The van der Waals surface area contributed by atoms with E-state index in [1.165, 1.54) is 12.1 Å². The van der Waals surface area contributed by atoms with Crippen molar-refractivity contribution in [1.29, 1.82) is 0 Å². The topological polar surface area (TPSA) is 42.2 Å². The van der Waals surface area contributed by atoms with Crippen LogP contribution < -0.4 is 10.6 Å². The Kier molecular flexibility index (Phi) is 4.74. The summed E-state index contributed by atoms with van der Waals surface area (Å²) in [6.45, 7) is 7.30. The molecule has 1 atom stereocenters. The van der Waals surface area contributed by atoms with E-state index in [-0.39, 0.29) is 0 Å². The fourth-order valence-electron chi connectivity index (χ4n) is 2.00. The van der Waals surface area contributed by atoms with Gasteiger partial charge < -0.3 is 10.6 Å². The second-order valence-electron chi connectivity index (χ2n) is 4.80. The van der Waals surface area contributed by atoms with Gasteiger partial charge in [0.05, 0.1) is 0 Å². The lowest BCUT2D eigenvalue weighted by Gasteiger charge is -2.29. The third-order valence-corrected chi connectivity index (χ3v) is 2.95. The molecule has 0 saturated carbocycles. The summed E-state index contributed by atoms with van der Waals surface area (Å²) in [5.74, 6) is 0.709. The van der Waals surface area contributed by atoms with E-state index in [4.69, 9.17) is 5.73 Å². The fraction of sp³-hybridized carbons (Fsp3) is 0.615. The van der Waals surface area contributed by atoms with Gasteiger partial charge in [0.25, 0.3) is 0 Å².